The van der Waals surface area contributed by atoms with Gasteiger partial charge in [0.05, 0.1) is 18.1 Å². The number of hydrogen-bond acceptors (Lipinski definition) is 3. The van der Waals surface area contributed by atoms with Crippen LogP contribution in [-0.2, 0) is 0 Å². The van der Waals surface area contributed by atoms with Crippen molar-refractivity contribution in [2.24, 2.45) is 0 Å². The van der Waals surface area contributed by atoms with E-state index in [1.165, 1.54) is 0 Å². The molecule has 2 N–H and O–H groups in total. The van der Waals surface area contributed by atoms with Crippen LogP contribution in [0.4, 0.5) is 16.2 Å². The summed E-state index contributed by atoms with van der Waals surface area (Å²) in [7, 11) is 0. The molecule has 0 saturated heterocycles. The summed E-state index contributed by atoms with van der Waals surface area (Å²) in [6.45, 7) is 0. The van der Waals surface area contributed by atoms with Crippen LogP contribution >= 0.6 is 0 Å². The van der Waals surface area contributed by atoms with Crippen molar-refractivity contribution in [1.29, 1.82) is 0 Å². The van der Waals surface area contributed by atoms with Gasteiger partial charge in [0.15, 0.2) is 0 Å². The number of pyridine rings is 1. The van der Waals surface area contributed by atoms with Crippen LogP contribution in [0.25, 0.3) is 11.0 Å². The van der Waals surface area contributed by atoms with Crippen molar-refractivity contribution in [3.63, 3.8) is 0 Å². The van der Waals surface area contributed by atoms with Gasteiger partial charge in [-0.15, -0.1) is 0 Å². The van der Waals surface area contributed by atoms with E-state index in [4.69, 9.17) is 4.42 Å². The van der Waals surface area contributed by atoms with E-state index in [2.05, 4.69) is 15.6 Å². The van der Waals surface area contributed by atoms with Crippen LogP contribution in [0, 0.1) is 0 Å². The van der Waals surface area contributed by atoms with Crippen LogP contribution in [-0.4, -0.2) is 11.0 Å². The van der Waals surface area contributed by atoms with Gasteiger partial charge in [-0.2, -0.15) is 0 Å². The molecule has 2 aromatic heterocycles. The van der Waals surface area contributed by atoms with E-state index in [9.17, 15) is 4.79 Å². The van der Waals surface area contributed by atoms with E-state index in [1.54, 1.807) is 36.9 Å². The molecule has 0 radical (unpaired) electrons. The molecule has 0 atom stereocenters. The molecule has 5 heteroatoms. The highest BCUT2D eigenvalue weighted by Gasteiger charge is 2.04. The first-order chi connectivity index (χ1) is 9.31. The van der Waals surface area contributed by atoms with Crippen molar-refractivity contribution in [1.82, 2.24) is 4.98 Å². The molecule has 2 heterocycles. The maximum Gasteiger partial charge on any atom is 0.323 e. The molecule has 0 aliphatic carbocycles. The fraction of sp³-hybridized carbons (Fsp3) is 0. The molecule has 0 spiro atoms. The van der Waals surface area contributed by atoms with Gasteiger partial charge in [-0.1, -0.05) is 0 Å². The Morgan fingerprint density at radius 3 is 2.84 bits per heavy atom. The third kappa shape index (κ3) is 2.55. The summed E-state index contributed by atoms with van der Waals surface area (Å²) in [4.78, 5) is 15.7. The number of hydrogen-bond donors (Lipinski definition) is 2. The molecule has 0 aliphatic heterocycles. The molecule has 0 bridgehead atoms. The standard InChI is InChI=1S/C14H11N3O2/c18-14(17-12-2-1-6-15-9-12)16-11-3-4-13-10(8-11)5-7-19-13/h1-9H,(H2,16,17,18). The van der Waals surface area contributed by atoms with Crippen LogP contribution in [0.5, 0.6) is 0 Å². The molecule has 2 amide bonds. The first kappa shape index (κ1) is 11.3. The van der Waals surface area contributed by atoms with Gasteiger partial charge in [0, 0.05) is 17.3 Å². The van der Waals surface area contributed by atoms with E-state index >= 15 is 0 Å². The second-order valence-corrected chi connectivity index (χ2v) is 3.99. The second kappa shape index (κ2) is 4.81. The topological polar surface area (TPSA) is 67.2 Å². The van der Waals surface area contributed by atoms with Crippen molar-refractivity contribution in [2.75, 3.05) is 10.6 Å². The summed E-state index contributed by atoms with van der Waals surface area (Å²) in [6, 6.07) is 10.5. The van der Waals surface area contributed by atoms with Crippen molar-refractivity contribution in [2.45, 2.75) is 0 Å². The highest BCUT2D eigenvalue weighted by Crippen LogP contribution is 2.20. The first-order valence-electron chi connectivity index (χ1n) is 5.76. The lowest BCUT2D eigenvalue weighted by atomic mass is 10.2. The van der Waals surface area contributed by atoms with Crippen LogP contribution in [0.15, 0.2) is 59.5 Å². The normalized spacial score (nSPS) is 10.3. The van der Waals surface area contributed by atoms with Crippen molar-refractivity contribution < 1.29 is 9.21 Å². The molecule has 0 fully saturated rings. The number of urea groups is 1. The Balaban J connectivity index is 1.72. The number of anilines is 2. The minimum Gasteiger partial charge on any atom is -0.464 e. The molecule has 3 rings (SSSR count). The number of carbonyl (C=O) groups excluding carboxylic acids is 1. The van der Waals surface area contributed by atoms with Gasteiger partial charge in [0.25, 0.3) is 0 Å². The Bertz CT molecular complexity index is 707. The van der Waals surface area contributed by atoms with Gasteiger partial charge >= 0.3 is 6.03 Å². The van der Waals surface area contributed by atoms with Gasteiger partial charge in [-0.25, -0.2) is 4.79 Å². The number of fused-ring (bicyclic) bond motifs is 1. The summed E-state index contributed by atoms with van der Waals surface area (Å²) in [5.41, 5.74) is 2.14. The minimum atomic E-state index is -0.309. The smallest absolute Gasteiger partial charge is 0.323 e. The van der Waals surface area contributed by atoms with E-state index in [-0.39, 0.29) is 6.03 Å². The third-order valence-corrected chi connectivity index (χ3v) is 2.63. The van der Waals surface area contributed by atoms with Gasteiger partial charge < -0.3 is 15.1 Å². The highest BCUT2D eigenvalue weighted by atomic mass is 16.3. The van der Waals surface area contributed by atoms with E-state index < -0.39 is 0 Å². The van der Waals surface area contributed by atoms with E-state index in [0.717, 1.165) is 11.0 Å². The van der Waals surface area contributed by atoms with Crippen LogP contribution in [0.1, 0.15) is 0 Å². The molecule has 94 valence electrons. The van der Waals surface area contributed by atoms with Gasteiger partial charge in [-0.3, -0.25) is 4.98 Å². The lowest BCUT2D eigenvalue weighted by Crippen LogP contribution is -2.19. The molecular formula is C14H11N3O2. The predicted molar refractivity (Wildman–Crippen MR) is 73.1 cm³/mol. The Labute approximate surface area is 109 Å². The monoisotopic (exact) mass is 253 g/mol. The summed E-state index contributed by atoms with van der Waals surface area (Å²) >= 11 is 0. The average molecular weight is 253 g/mol. The molecular weight excluding hydrogens is 242 g/mol. The summed E-state index contributed by atoms with van der Waals surface area (Å²) < 4.78 is 5.24. The Hall–Kier alpha value is -2.82. The lowest BCUT2D eigenvalue weighted by molar-refractivity contribution is 0.262. The largest absolute Gasteiger partial charge is 0.464 e. The molecule has 0 aliphatic rings. The fourth-order valence-corrected chi connectivity index (χ4v) is 1.77. The molecule has 3 aromatic rings. The third-order valence-electron chi connectivity index (χ3n) is 2.63. The van der Waals surface area contributed by atoms with E-state index in [0.29, 0.717) is 11.4 Å². The maximum atomic E-state index is 11.8. The van der Waals surface area contributed by atoms with Crippen molar-refractivity contribution in [3.8, 4) is 0 Å². The highest BCUT2D eigenvalue weighted by molar-refractivity contribution is 6.00. The fourth-order valence-electron chi connectivity index (χ4n) is 1.77. The summed E-state index contributed by atoms with van der Waals surface area (Å²) in [6.07, 6.45) is 4.85. The molecule has 19 heavy (non-hydrogen) atoms. The number of rotatable bonds is 2. The minimum absolute atomic E-state index is 0.309. The zero-order valence-corrected chi connectivity index (χ0v) is 9.96. The quantitative estimate of drug-likeness (QED) is 0.734. The molecule has 0 saturated carbocycles. The molecule has 5 nitrogen and oxygen atoms in total. The predicted octanol–water partition coefficient (Wildman–Crippen LogP) is 3.47. The van der Waals surface area contributed by atoms with Crippen molar-refractivity contribution >= 4 is 28.4 Å². The van der Waals surface area contributed by atoms with Gasteiger partial charge in [0.2, 0.25) is 0 Å². The van der Waals surface area contributed by atoms with Crippen molar-refractivity contribution in [3.05, 3.63) is 55.1 Å². The zero-order valence-electron chi connectivity index (χ0n) is 9.96. The number of carbonyl (C=O) groups is 1. The van der Waals surface area contributed by atoms with E-state index in [1.807, 2.05) is 18.2 Å². The van der Waals surface area contributed by atoms with Gasteiger partial charge in [-0.05, 0) is 36.4 Å². The molecule has 1 aromatic carbocycles. The Morgan fingerprint density at radius 2 is 2.00 bits per heavy atom. The van der Waals surface area contributed by atoms with Crippen LogP contribution in [0.3, 0.4) is 0 Å². The maximum absolute atomic E-state index is 11.8. The Kier molecular flexibility index (Phi) is 2.86. The Morgan fingerprint density at radius 1 is 1.11 bits per heavy atom. The number of benzene rings is 1. The lowest BCUT2D eigenvalue weighted by Gasteiger charge is -2.07. The van der Waals surface area contributed by atoms with Crippen LogP contribution in [0.2, 0.25) is 0 Å². The van der Waals surface area contributed by atoms with Crippen LogP contribution < -0.4 is 10.6 Å². The average Bonchev–Trinajstić information content (AvgIpc) is 2.87. The SMILES string of the molecule is O=C(Nc1cccnc1)Nc1ccc2occc2c1. The number of amides is 2. The number of furan rings is 1. The first-order valence-corrected chi connectivity index (χ1v) is 5.76. The molecule has 0 unspecified atom stereocenters. The number of nitrogens with one attached hydrogen (secondary N) is 2. The second-order valence-electron chi connectivity index (χ2n) is 3.99. The number of aromatic nitrogens is 1. The summed E-state index contributed by atoms with van der Waals surface area (Å²) in [5, 5.41) is 6.39. The summed E-state index contributed by atoms with van der Waals surface area (Å²) in [5.74, 6) is 0. The number of nitrogens with zero attached hydrogens (tertiary/aromatic N) is 1. The van der Waals surface area contributed by atoms with Gasteiger partial charge in [0.1, 0.15) is 5.58 Å². The zero-order chi connectivity index (χ0) is 13.1.